The molecule has 0 aliphatic carbocycles. The van der Waals surface area contributed by atoms with Gasteiger partial charge in [0.25, 0.3) is 5.91 Å². The molecule has 0 unspecified atom stereocenters. The van der Waals surface area contributed by atoms with Gasteiger partial charge < -0.3 is 14.8 Å². The van der Waals surface area contributed by atoms with Crippen LogP contribution in [0.5, 0.6) is 11.5 Å². The third kappa shape index (κ3) is 4.38. The van der Waals surface area contributed by atoms with Crippen molar-refractivity contribution in [2.75, 3.05) is 13.2 Å². The minimum Gasteiger partial charge on any atom is -0.490 e. The summed E-state index contributed by atoms with van der Waals surface area (Å²) >= 11 is 6.36. The topological polar surface area (TPSA) is 60.5 Å². The summed E-state index contributed by atoms with van der Waals surface area (Å²) in [5.41, 5.74) is 1.26. The molecule has 1 amide bonds. The number of nitrogens with zero attached hydrogens (tertiary/aromatic N) is 1. The summed E-state index contributed by atoms with van der Waals surface area (Å²) in [6, 6.07) is 6.67. The van der Waals surface area contributed by atoms with Crippen LogP contribution in [-0.2, 0) is 0 Å². The number of benzene rings is 1. The molecular formula is C18H21ClN2O3. The lowest BCUT2D eigenvalue weighted by Crippen LogP contribution is -2.27. The maximum atomic E-state index is 12.3. The second kappa shape index (κ2) is 8.55. The fraction of sp³-hybridized carbons (Fsp3) is 0.333. The Morgan fingerprint density at radius 3 is 2.50 bits per heavy atom. The van der Waals surface area contributed by atoms with Gasteiger partial charge >= 0.3 is 0 Å². The summed E-state index contributed by atoms with van der Waals surface area (Å²) < 4.78 is 11.2. The quantitative estimate of drug-likeness (QED) is 0.820. The van der Waals surface area contributed by atoms with Crippen LogP contribution in [0.25, 0.3) is 0 Å². The van der Waals surface area contributed by atoms with Gasteiger partial charge in [-0.1, -0.05) is 11.6 Å². The van der Waals surface area contributed by atoms with Crippen LogP contribution in [0, 0.1) is 0 Å². The zero-order valence-electron chi connectivity index (χ0n) is 14.0. The van der Waals surface area contributed by atoms with E-state index in [0.29, 0.717) is 35.3 Å². The van der Waals surface area contributed by atoms with Crippen molar-refractivity contribution in [3.63, 3.8) is 0 Å². The molecule has 0 aliphatic heterocycles. The number of amides is 1. The molecule has 128 valence electrons. The van der Waals surface area contributed by atoms with E-state index in [-0.39, 0.29) is 11.9 Å². The van der Waals surface area contributed by atoms with Crippen molar-refractivity contribution in [3.8, 4) is 11.5 Å². The Labute approximate surface area is 147 Å². The van der Waals surface area contributed by atoms with E-state index in [1.165, 1.54) is 6.20 Å². The maximum absolute atomic E-state index is 12.3. The Hall–Kier alpha value is -2.27. The highest BCUT2D eigenvalue weighted by Gasteiger charge is 2.18. The van der Waals surface area contributed by atoms with Gasteiger partial charge in [0.2, 0.25) is 0 Å². The molecular weight excluding hydrogens is 328 g/mol. The first kappa shape index (κ1) is 18.1. The number of nitrogens with one attached hydrogen (secondary N) is 1. The molecule has 1 aromatic heterocycles. The van der Waals surface area contributed by atoms with Gasteiger partial charge in [-0.25, -0.2) is 0 Å². The van der Waals surface area contributed by atoms with Crippen molar-refractivity contribution in [1.82, 2.24) is 10.3 Å². The molecule has 24 heavy (non-hydrogen) atoms. The molecule has 0 spiro atoms. The van der Waals surface area contributed by atoms with Crippen LogP contribution in [0.15, 0.2) is 36.7 Å². The van der Waals surface area contributed by atoms with Crippen LogP contribution in [0.4, 0.5) is 0 Å². The number of hydrogen-bond acceptors (Lipinski definition) is 4. The van der Waals surface area contributed by atoms with Crippen molar-refractivity contribution < 1.29 is 14.3 Å². The molecule has 6 heteroatoms. The highest BCUT2D eigenvalue weighted by atomic mass is 35.5. The Morgan fingerprint density at radius 2 is 1.92 bits per heavy atom. The standard InChI is InChI=1S/C18H21ClN2O3/c1-4-23-16-9-14(15(19)10-17(16)24-5-2)12(3)21-18(22)13-7-6-8-20-11-13/h6-12H,4-5H2,1-3H3,(H,21,22)/t12-/m1/s1. The van der Waals surface area contributed by atoms with Gasteiger partial charge in [-0.2, -0.15) is 0 Å². The second-order valence-corrected chi connectivity index (χ2v) is 5.53. The van der Waals surface area contributed by atoms with Gasteiger partial charge in [0.1, 0.15) is 0 Å². The number of ether oxygens (including phenoxy) is 2. The molecule has 5 nitrogen and oxygen atoms in total. The molecule has 1 heterocycles. The molecule has 2 aromatic rings. The minimum absolute atomic E-state index is 0.210. The predicted molar refractivity (Wildman–Crippen MR) is 93.9 cm³/mol. The Balaban J connectivity index is 2.23. The molecule has 1 N–H and O–H groups in total. The average molecular weight is 349 g/mol. The Kier molecular flexibility index (Phi) is 6.44. The van der Waals surface area contributed by atoms with E-state index in [0.717, 1.165) is 5.56 Å². The summed E-state index contributed by atoms with van der Waals surface area (Å²) in [6.07, 6.45) is 3.14. The smallest absolute Gasteiger partial charge is 0.253 e. The fourth-order valence-corrected chi connectivity index (χ4v) is 2.59. The van der Waals surface area contributed by atoms with Crippen LogP contribution in [0.2, 0.25) is 5.02 Å². The van der Waals surface area contributed by atoms with E-state index in [2.05, 4.69) is 10.3 Å². The number of pyridine rings is 1. The second-order valence-electron chi connectivity index (χ2n) is 5.12. The SMILES string of the molecule is CCOc1cc(Cl)c([C@@H](C)NC(=O)c2cccnc2)cc1OCC. The first-order chi connectivity index (χ1) is 11.6. The zero-order chi connectivity index (χ0) is 17.5. The van der Waals surface area contributed by atoms with Crippen molar-refractivity contribution in [1.29, 1.82) is 0 Å². The molecule has 0 saturated carbocycles. The lowest BCUT2D eigenvalue weighted by atomic mass is 10.1. The maximum Gasteiger partial charge on any atom is 0.253 e. The fourth-order valence-electron chi connectivity index (χ4n) is 2.27. The first-order valence-corrected chi connectivity index (χ1v) is 8.24. The lowest BCUT2D eigenvalue weighted by Gasteiger charge is -2.19. The molecule has 1 aromatic carbocycles. The van der Waals surface area contributed by atoms with E-state index >= 15 is 0 Å². The minimum atomic E-state index is -0.292. The van der Waals surface area contributed by atoms with Crippen molar-refractivity contribution in [2.24, 2.45) is 0 Å². The monoisotopic (exact) mass is 348 g/mol. The summed E-state index contributed by atoms with van der Waals surface area (Å²) in [7, 11) is 0. The van der Waals surface area contributed by atoms with E-state index in [9.17, 15) is 4.79 Å². The number of rotatable bonds is 7. The number of halogens is 1. The van der Waals surface area contributed by atoms with Gasteiger partial charge in [0.05, 0.1) is 24.8 Å². The number of carbonyl (C=O) groups is 1. The molecule has 2 rings (SSSR count). The first-order valence-electron chi connectivity index (χ1n) is 7.86. The lowest BCUT2D eigenvalue weighted by molar-refractivity contribution is 0.0939. The van der Waals surface area contributed by atoms with Gasteiger partial charge in [-0.05, 0) is 44.5 Å². The molecule has 0 saturated heterocycles. The number of hydrogen-bond donors (Lipinski definition) is 1. The molecule has 0 aliphatic rings. The highest BCUT2D eigenvalue weighted by molar-refractivity contribution is 6.31. The van der Waals surface area contributed by atoms with Crippen molar-refractivity contribution in [2.45, 2.75) is 26.8 Å². The van der Waals surface area contributed by atoms with Crippen LogP contribution in [-0.4, -0.2) is 24.1 Å². The Morgan fingerprint density at radius 1 is 1.25 bits per heavy atom. The van der Waals surface area contributed by atoms with Crippen LogP contribution < -0.4 is 14.8 Å². The Bertz CT molecular complexity index is 692. The van der Waals surface area contributed by atoms with Crippen LogP contribution in [0.1, 0.15) is 42.7 Å². The van der Waals surface area contributed by atoms with E-state index in [4.69, 9.17) is 21.1 Å². The molecule has 0 bridgehead atoms. The van der Waals surface area contributed by atoms with Crippen LogP contribution in [0.3, 0.4) is 0 Å². The molecule has 0 fully saturated rings. The predicted octanol–water partition coefficient (Wildman–Crippen LogP) is 4.02. The van der Waals surface area contributed by atoms with E-state index in [1.54, 1.807) is 24.4 Å². The summed E-state index contributed by atoms with van der Waals surface area (Å²) in [5.74, 6) is 0.999. The zero-order valence-corrected chi connectivity index (χ0v) is 14.8. The normalized spacial score (nSPS) is 11.7. The van der Waals surface area contributed by atoms with Crippen molar-refractivity contribution in [3.05, 3.63) is 52.8 Å². The van der Waals surface area contributed by atoms with Gasteiger partial charge in [-0.3, -0.25) is 9.78 Å². The van der Waals surface area contributed by atoms with Crippen molar-refractivity contribution >= 4 is 17.5 Å². The largest absolute Gasteiger partial charge is 0.490 e. The third-order valence-corrected chi connectivity index (χ3v) is 3.73. The van der Waals surface area contributed by atoms with E-state index < -0.39 is 0 Å². The molecule has 0 radical (unpaired) electrons. The number of aromatic nitrogens is 1. The average Bonchev–Trinajstić information content (AvgIpc) is 2.58. The summed E-state index contributed by atoms with van der Waals surface area (Å²) in [5, 5.41) is 3.43. The highest BCUT2D eigenvalue weighted by Crippen LogP contribution is 2.36. The van der Waals surface area contributed by atoms with Gasteiger partial charge in [-0.15, -0.1) is 0 Å². The van der Waals surface area contributed by atoms with Gasteiger partial charge in [0.15, 0.2) is 11.5 Å². The molecule has 1 atom stereocenters. The summed E-state index contributed by atoms with van der Waals surface area (Å²) in [6.45, 7) is 6.69. The summed E-state index contributed by atoms with van der Waals surface area (Å²) in [4.78, 5) is 16.2. The number of carbonyl (C=O) groups excluding carboxylic acids is 1. The van der Waals surface area contributed by atoms with E-state index in [1.807, 2.05) is 26.8 Å². The van der Waals surface area contributed by atoms with Crippen LogP contribution >= 0.6 is 11.6 Å². The third-order valence-electron chi connectivity index (χ3n) is 3.40. The van der Waals surface area contributed by atoms with Gasteiger partial charge in [0, 0.05) is 23.5 Å².